The number of halogens is 1. The summed E-state index contributed by atoms with van der Waals surface area (Å²) in [4.78, 5) is 13.9. The third kappa shape index (κ3) is 4.80. The van der Waals surface area contributed by atoms with Gasteiger partial charge in [-0.05, 0) is 43.2 Å². The van der Waals surface area contributed by atoms with Crippen LogP contribution in [0.15, 0.2) is 35.2 Å². The first kappa shape index (κ1) is 18.9. The van der Waals surface area contributed by atoms with E-state index in [1.54, 1.807) is 12.1 Å². The summed E-state index contributed by atoms with van der Waals surface area (Å²) >= 11 is 7.24. The Kier molecular flexibility index (Phi) is 6.40. The molecule has 0 aliphatic carbocycles. The highest BCUT2D eigenvalue weighted by molar-refractivity contribution is 7.89. The molecule has 2 N–H and O–H groups in total. The largest absolute Gasteiger partial charge is 0.350 e. The van der Waals surface area contributed by atoms with Gasteiger partial charge in [-0.25, -0.2) is 13.1 Å². The van der Waals surface area contributed by atoms with E-state index in [4.69, 9.17) is 11.6 Å². The Morgan fingerprint density at radius 1 is 1.25 bits per heavy atom. The molecule has 0 aliphatic heterocycles. The van der Waals surface area contributed by atoms with Gasteiger partial charge in [-0.2, -0.15) is 0 Å². The van der Waals surface area contributed by atoms with Crippen molar-refractivity contribution in [2.45, 2.75) is 25.2 Å². The van der Waals surface area contributed by atoms with Gasteiger partial charge < -0.3 is 5.32 Å². The van der Waals surface area contributed by atoms with Gasteiger partial charge in [-0.15, -0.1) is 11.3 Å². The molecule has 1 amide bonds. The summed E-state index contributed by atoms with van der Waals surface area (Å²) in [5.41, 5.74) is 1.16. The monoisotopic (exact) mass is 386 g/mol. The molecule has 24 heavy (non-hydrogen) atoms. The van der Waals surface area contributed by atoms with E-state index >= 15 is 0 Å². The Hall–Kier alpha value is -1.41. The lowest BCUT2D eigenvalue weighted by molar-refractivity contribution is 0.0958. The van der Waals surface area contributed by atoms with Gasteiger partial charge in [-0.3, -0.25) is 4.79 Å². The first-order chi connectivity index (χ1) is 11.3. The van der Waals surface area contributed by atoms with Crippen LogP contribution >= 0.6 is 22.9 Å². The SMILES string of the molecule is CCc1cc(C(=O)NCCNS(=O)(=O)c2cccc(Cl)c2)sc1C. The molecule has 0 fully saturated rings. The molecule has 2 aromatic rings. The standard InChI is InChI=1S/C16H19ClN2O3S2/c1-3-12-9-15(23-11(12)2)16(20)18-7-8-19-24(21,22)14-6-4-5-13(17)10-14/h4-6,9-10,19H,3,7-8H2,1-2H3,(H,18,20). The lowest BCUT2D eigenvalue weighted by atomic mass is 10.2. The van der Waals surface area contributed by atoms with Gasteiger partial charge >= 0.3 is 0 Å². The average Bonchev–Trinajstić information content (AvgIpc) is 2.92. The summed E-state index contributed by atoms with van der Waals surface area (Å²) in [5.74, 6) is -0.190. The van der Waals surface area contributed by atoms with E-state index in [-0.39, 0.29) is 23.9 Å². The molecule has 0 spiro atoms. The van der Waals surface area contributed by atoms with Crippen LogP contribution in [0.25, 0.3) is 0 Å². The van der Waals surface area contributed by atoms with Crippen molar-refractivity contribution in [3.63, 3.8) is 0 Å². The van der Waals surface area contributed by atoms with Crippen molar-refractivity contribution < 1.29 is 13.2 Å². The number of amides is 1. The van der Waals surface area contributed by atoms with Crippen LogP contribution in [0.4, 0.5) is 0 Å². The Morgan fingerprint density at radius 3 is 2.62 bits per heavy atom. The zero-order valence-electron chi connectivity index (χ0n) is 13.4. The van der Waals surface area contributed by atoms with Crippen LogP contribution in [0.1, 0.15) is 27.0 Å². The summed E-state index contributed by atoms with van der Waals surface area (Å²) in [6.07, 6.45) is 0.884. The second kappa shape index (κ2) is 8.11. The first-order valence-electron chi connectivity index (χ1n) is 7.46. The second-order valence-electron chi connectivity index (χ2n) is 5.16. The number of rotatable bonds is 7. The van der Waals surface area contributed by atoms with Crippen LogP contribution in [-0.4, -0.2) is 27.4 Å². The van der Waals surface area contributed by atoms with Gasteiger partial charge in [0.2, 0.25) is 10.0 Å². The molecular weight excluding hydrogens is 368 g/mol. The van der Waals surface area contributed by atoms with Gasteiger partial charge in [0.15, 0.2) is 0 Å². The van der Waals surface area contributed by atoms with Crippen LogP contribution < -0.4 is 10.0 Å². The Labute approximate surface area is 151 Å². The number of carbonyl (C=O) groups is 1. The minimum atomic E-state index is -3.64. The van der Waals surface area contributed by atoms with Gasteiger partial charge in [0.05, 0.1) is 9.77 Å². The van der Waals surface area contributed by atoms with Crippen molar-refractivity contribution in [2.75, 3.05) is 13.1 Å². The van der Waals surface area contributed by atoms with Crippen molar-refractivity contribution in [3.05, 3.63) is 50.7 Å². The van der Waals surface area contributed by atoms with E-state index < -0.39 is 10.0 Å². The molecule has 0 radical (unpaired) electrons. The van der Waals surface area contributed by atoms with Crippen LogP contribution in [-0.2, 0) is 16.4 Å². The number of benzene rings is 1. The van der Waals surface area contributed by atoms with E-state index in [1.165, 1.54) is 23.5 Å². The fourth-order valence-corrected chi connectivity index (χ4v) is 4.51. The van der Waals surface area contributed by atoms with Crippen molar-refractivity contribution in [3.8, 4) is 0 Å². The Morgan fingerprint density at radius 2 is 2.00 bits per heavy atom. The molecular formula is C16H19ClN2O3S2. The van der Waals surface area contributed by atoms with Crippen molar-refractivity contribution >= 4 is 38.9 Å². The maximum atomic E-state index is 12.1. The van der Waals surface area contributed by atoms with Crippen LogP contribution in [0.3, 0.4) is 0 Å². The van der Waals surface area contributed by atoms with Gasteiger partial charge in [0, 0.05) is 23.0 Å². The quantitative estimate of drug-likeness (QED) is 0.718. The third-order valence-electron chi connectivity index (χ3n) is 3.43. The highest BCUT2D eigenvalue weighted by Gasteiger charge is 2.14. The maximum Gasteiger partial charge on any atom is 0.261 e. The van der Waals surface area contributed by atoms with E-state index in [0.29, 0.717) is 9.90 Å². The molecule has 0 atom stereocenters. The number of aryl methyl sites for hydroxylation is 2. The average molecular weight is 387 g/mol. The molecule has 130 valence electrons. The fourth-order valence-electron chi connectivity index (χ4n) is 2.15. The normalized spacial score (nSPS) is 11.5. The molecule has 5 nitrogen and oxygen atoms in total. The molecule has 1 heterocycles. The van der Waals surface area contributed by atoms with E-state index in [0.717, 1.165) is 16.9 Å². The van der Waals surface area contributed by atoms with E-state index in [9.17, 15) is 13.2 Å². The summed E-state index contributed by atoms with van der Waals surface area (Å²) in [5, 5.41) is 3.07. The number of sulfonamides is 1. The van der Waals surface area contributed by atoms with Gasteiger partial charge in [0.25, 0.3) is 5.91 Å². The molecule has 2 rings (SSSR count). The molecule has 1 aromatic heterocycles. The molecule has 0 saturated carbocycles. The lowest BCUT2D eigenvalue weighted by Crippen LogP contribution is -2.34. The second-order valence-corrected chi connectivity index (χ2v) is 8.62. The van der Waals surface area contributed by atoms with Crippen molar-refractivity contribution in [1.29, 1.82) is 0 Å². The third-order valence-corrected chi connectivity index (χ3v) is 6.22. The number of carbonyl (C=O) groups excluding carboxylic acids is 1. The maximum absolute atomic E-state index is 12.1. The molecule has 0 bridgehead atoms. The summed E-state index contributed by atoms with van der Waals surface area (Å²) < 4.78 is 26.7. The van der Waals surface area contributed by atoms with E-state index in [2.05, 4.69) is 10.0 Å². The summed E-state index contributed by atoms with van der Waals surface area (Å²) in [6, 6.07) is 7.90. The van der Waals surface area contributed by atoms with Gasteiger partial charge in [0.1, 0.15) is 0 Å². The minimum absolute atomic E-state index is 0.0998. The number of nitrogens with one attached hydrogen (secondary N) is 2. The van der Waals surface area contributed by atoms with E-state index in [1.807, 2.05) is 19.9 Å². The number of thiophene rings is 1. The number of hydrogen-bond acceptors (Lipinski definition) is 4. The topological polar surface area (TPSA) is 75.3 Å². The zero-order chi connectivity index (χ0) is 17.7. The molecule has 0 saturated heterocycles. The molecule has 0 aliphatic rings. The first-order valence-corrected chi connectivity index (χ1v) is 10.1. The van der Waals surface area contributed by atoms with Crippen molar-refractivity contribution in [1.82, 2.24) is 10.0 Å². The predicted molar refractivity (Wildman–Crippen MR) is 97.4 cm³/mol. The number of hydrogen-bond donors (Lipinski definition) is 2. The minimum Gasteiger partial charge on any atom is -0.350 e. The Bertz CT molecular complexity index is 832. The Balaban J connectivity index is 1.87. The summed E-state index contributed by atoms with van der Waals surface area (Å²) in [6.45, 7) is 4.34. The van der Waals surface area contributed by atoms with Crippen LogP contribution in [0.2, 0.25) is 5.02 Å². The zero-order valence-corrected chi connectivity index (χ0v) is 15.8. The van der Waals surface area contributed by atoms with Crippen LogP contribution in [0.5, 0.6) is 0 Å². The highest BCUT2D eigenvalue weighted by Crippen LogP contribution is 2.21. The predicted octanol–water partition coefficient (Wildman–Crippen LogP) is 2.98. The highest BCUT2D eigenvalue weighted by atomic mass is 35.5. The smallest absolute Gasteiger partial charge is 0.261 e. The van der Waals surface area contributed by atoms with Crippen LogP contribution in [0, 0.1) is 6.92 Å². The lowest BCUT2D eigenvalue weighted by Gasteiger charge is -2.08. The molecule has 1 aromatic carbocycles. The van der Waals surface area contributed by atoms with Gasteiger partial charge in [-0.1, -0.05) is 24.6 Å². The van der Waals surface area contributed by atoms with Crippen molar-refractivity contribution in [2.24, 2.45) is 0 Å². The summed E-state index contributed by atoms with van der Waals surface area (Å²) in [7, 11) is -3.64. The molecule has 8 heteroatoms. The molecule has 0 unspecified atom stereocenters. The fraction of sp³-hybridized carbons (Fsp3) is 0.312.